The Balaban J connectivity index is 3.06. The van der Waals surface area contributed by atoms with Crippen molar-refractivity contribution >= 4 is 22.6 Å². The van der Waals surface area contributed by atoms with Crippen molar-refractivity contribution in [2.75, 3.05) is 6.61 Å². The number of ether oxygens (including phenoxy) is 1. The molecule has 0 aliphatic carbocycles. The summed E-state index contributed by atoms with van der Waals surface area (Å²) in [5.41, 5.74) is 0.595. The van der Waals surface area contributed by atoms with Gasteiger partial charge in [-0.25, -0.2) is 0 Å². The molecule has 1 aromatic rings. The third-order valence-electron chi connectivity index (χ3n) is 1.36. The summed E-state index contributed by atoms with van der Waals surface area (Å²) in [5.74, 6) is 0.673. The lowest BCUT2D eigenvalue weighted by Crippen LogP contribution is -1.94. The number of nitriles is 1. The van der Waals surface area contributed by atoms with E-state index in [9.17, 15) is 0 Å². The molecule has 1 aromatic carbocycles. The molecule has 0 bridgehead atoms. The van der Waals surface area contributed by atoms with Crippen LogP contribution >= 0.6 is 22.6 Å². The molecule has 0 spiro atoms. The van der Waals surface area contributed by atoms with E-state index < -0.39 is 0 Å². The predicted octanol–water partition coefficient (Wildman–Crippen LogP) is 2.56. The second kappa shape index (κ2) is 4.31. The Morgan fingerprint density at radius 2 is 2.33 bits per heavy atom. The lowest BCUT2D eigenvalue weighted by molar-refractivity contribution is 0.339. The van der Waals surface area contributed by atoms with Crippen molar-refractivity contribution in [2.24, 2.45) is 0 Å². The van der Waals surface area contributed by atoms with Crippen molar-refractivity contribution < 1.29 is 4.74 Å². The van der Waals surface area contributed by atoms with Gasteiger partial charge in [0.2, 0.25) is 0 Å². The molecule has 0 aliphatic heterocycles. The first kappa shape index (κ1) is 9.33. The average Bonchev–Trinajstić information content (AvgIpc) is 2.05. The Morgan fingerprint density at radius 1 is 1.58 bits per heavy atom. The standard InChI is InChI=1S/C9H8INO/c1-2-12-9-5-8(10)4-3-7(9)6-11/h3-5H,2H2,1H3. The summed E-state index contributed by atoms with van der Waals surface area (Å²) in [4.78, 5) is 0. The first-order valence-corrected chi connectivity index (χ1v) is 4.68. The summed E-state index contributed by atoms with van der Waals surface area (Å²) in [7, 11) is 0. The number of hydrogen-bond donors (Lipinski definition) is 0. The maximum absolute atomic E-state index is 8.70. The molecule has 0 amide bonds. The van der Waals surface area contributed by atoms with Crippen molar-refractivity contribution in [3.63, 3.8) is 0 Å². The van der Waals surface area contributed by atoms with E-state index in [1.807, 2.05) is 19.1 Å². The summed E-state index contributed by atoms with van der Waals surface area (Å²) in [6, 6.07) is 7.60. The molecule has 0 radical (unpaired) electrons. The quantitative estimate of drug-likeness (QED) is 0.776. The van der Waals surface area contributed by atoms with Crippen LogP contribution < -0.4 is 4.74 Å². The number of rotatable bonds is 2. The molecule has 2 nitrogen and oxygen atoms in total. The molecule has 62 valence electrons. The summed E-state index contributed by atoms with van der Waals surface area (Å²) in [5, 5.41) is 8.70. The largest absolute Gasteiger partial charge is 0.492 e. The number of halogens is 1. The molecular formula is C9H8INO. The molecule has 0 saturated heterocycles. The molecule has 3 heteroatoms. The summed E-state index contributed by atoms with van der Waals surface area (Å²) in [6.45, 7) is 2.50. The zero-order valence-corrected chi connectivity index (χ0v) is 8.83. The van der Waals surface area contributed by atoms with Crippen LogP contribution in [0.5, 0.6) is 5.75 Å². The Hall–Kier alpha value is -0.760. The molecule has 0 aliphatic rings. The van der Waals surface area contributed by atoms with Gasteiger partial charge in [-0.15, -0.1) is 0 Å². The minimum atomic E-state index is 0.592. The van der Waals surface area contributed by atoms with Crippen molar-refractivity contribution in [3.8, 4) is 11.8 Å². The van der Waals surface area contributed by atoms with Crippen LogP contribution in [-0.2, 0) is 0 Å². The molecular weight excluding hydrogens is 265 g/mol. The molecule has 0 atom stereocenters. The molecule has 0 fully saturated rings. The van der Waals surface area contributed by atoms with Gasteiger partial charge in [0.15, 0.2) is 0 Å². The van der Waals surface area contributed by atoms with Gasteiger partial charge in [-0.05, 0) is 47.7 Å². The van der Waals surface area contributed by atoms with E-state index in [2.05, 4.69) is 28.7 Å². The first-order chi connectivity index (χ1) is 5.77. The fourth-order valence-electron chi connectivity index (χ4n) is 0.863. The van der Waals surface area contributed by atoms with E-state index in [0.717, 1.165) is 3.57 Å². The molecule has 12 heavy (non-hydrogen) atoms. The maximum Gasteiger partial charge on any atom is 0.138 e. The molecule has 0 heterocycles. The third kappa shape index (κ3) is 2.11. The van der Waals surface area contributed by atoms with Crippen molar-refractivity contribution in [1.29, 1.82) is 5.26 Å². The van der Waals surface area contributed by atoms with Crippen LogP contribution in [0.4, 0.5) is 0 Å². The van der Waals surface area contributed by atoms with Gasteiger partial charge in [-0.3, -0.25) is 0 Å². The smallest absolute Gasteiger partial charge is 0.138 e. The van der Waals surface area contributed by atoms with Crippen LogP contribution in [0.3, 0.4) is 0 Å². The fourth-order valence-corrected chi connectivity index (χ4v) is 1.33. The zero-order valence-electron chi connectivity index (χ0n) is 6.67. The van der Waals surface area contributed by atoms with E-state index in [-0.39, 0.29) is 0 Å². The van der Waals surface area contributed by atoms with E-state index in [4.69, 9.17) is 10.00 Å². The third-order valence-corrected chi connectivity index (χ3v) is 2.03. The fraction of sp³-hybridized carbons (Fsp3) is 0.222. The predicted molar refractivity (Wildman–Crippen MR) is 55.0 cm³/mol. The maximum atomic E-state index is 8.70. The van der Waals surface area contributed by atoms with E-state index >= 15 is 0 Å². The summed E-state index contributed by atoms with van der Waals surface area (Å²) < 4.78 is 6.36. The van der Waals surface area contributed by atoms with Gasteiger partial charge in [0.25, 0.3) is 0 Å². The monoisotopic (exact) mass is 273 g/mol. The van der Waals surface area contributed by atoms with Crippen molar-refractivity contribution in [1.82, 2.24) is 0 Å². The van der Waals surface area contributed by atoms with Crippen molar-refractivity contribution in [2.45, 2.75) is 6.92 Å². The highest BCUT2D eigenvalue weighted by atomic mass is 127. The van der Waals surface area contributed by atoms with Gasteiger partial charge < -0.3 is 4.74 Å². The minimum absolute atomic E-state index is 0.592. The van der Waals surface area contributed by atoms with Crippen LogP contribution in [0, 0.1) is 14.9 Å². The van der Waals surface area contributed by atoms with Gasteiger partial charge in [-0.1, -0.05) is 0 Å². The van der Waals surface area contributed by atoms with Crippen molar-refractivity contribution in [3.05, 3.63) is 27.3 Å². The zero-order chi connectivity index (χ0) is 8.97. The Bertz CT molecular complexity index is 317. The van der Waals surface area contributed by atoms with Crippen LogP contribution in [-0.4, -0.2) is 6.61 Å². The van der Waals surface area contributed by atoms with Gasteiger partial charge >= 0.3 is 0 Å². The van der Waals surface area contributed by atoms with Crippen LogP contribution in [0.2, 0.25) is 0 Å². The SMILES string of the molecule is CCOc1cc(I)ccc1C#N. The lowest BCUT2D eigenvalue weighted by Gasteiger charge is -2.04. The van der Waals surface area contributed by atoms with Gasteiger partial charge in [0.1, 0.15) is 11.8 Å². The first-order valence-electron chi connectivity index (χ1n) is 3.60. The molecule has 0 aromatic heterocycles. The summed E-state index contributed by atoms with van der Waals surface area (Å²) >= 11 is 2.19. The second-order valence-corrected chi connectivity index (χ2v) is 3.43. The Kier molecular flexibility index (Phi) is 3.35. The average molecular weight is 273 g/mol. The highest BCUT2D eigenvalue weighted by Gasteiger charge is 2.01. The highest BCUT2D eigenvalue weighted by Crippen LogP contribution is 2.20. The number of benzene rings is 1. The topological polar surface area (TPSA) is 33.0 Å². The van der Waals surface area contributed by atoms with Gasteiger partial charge in [-0.2, -0.15) is 5.26 Å². The van der Waals surface area contributed by atoms with Gasteiger partial charge in [0, 0.05) is 3.57 Å². The molecule has 0 unspecified atom stereocenters. The van der Waals surface area contributed by atoms with E-state index in [1.165, 1.54) is 0 Å². The van der Waals surface area contributed by atoms with Crippen LogP contribution in [0.25, 0.3) is 0 Å². The summed E-state index contributed by atoms with van der Waals surface area (Å²) in [6.07, 6.45) is 0. The van der Waals surface area contributed by atoms with E-state index in [0.29, 0.717) is 17.9 Å². The normalized spacial score (nSPS) is 9.08. The van der Waals surface area contributed by atoms with Gasteiger partial charge in [0.05, 0.1) is 12.2 Å². The van der Waals surface area contributed by atoms with Crippen LogP contribution in [0.15, 0.2) is 18.2 Å². The second-order valence-electron chi connectivity index (χ2n) is 2.19. The number of hydrogen-bond acceptors (Lipinski definition) is 2. The Morgan fingerprint density at radius 3 is 2.92 bits per heavy atom. The van der Waals surface area contributed by atoms with E-state index in [1.54, 1.807) is 6.07 Å². The van der Waals surface area contributed by atoms with Crippen LogP contribution in [0.1, 0.15) is 12.5 Å². The molecule has 0 saturated carbocycles. The molecule has 1 rings (SSSR count). The lowest BCUT2D eigenvalue weighted by atomic mass is 10.2. The Labute approximate surface area is 85.3 Å². The number of nitrogens with zero attached hydrogens (tertiary/aromatic N) is 1. The minimum Gasteiger partial charge on any atom is -0.492 e. The highest BCUT2D eigenvalue weighted by molar-refractivity contribution is 14.1. The molecule has 0 N–H and O–H groups in total.